The summed E-state index contributed by atoms with van der Waals surface area (Å²) in [6, 6.07) is 4.57. The smallest absolute Gasteiger partial charge is 0.161 e. The van der Waals surface area contributed by atoms with Gasteiger partial charge in [0, 0.05) is 6.04 Å². The van der Waals surface area contributed by atoms with Crippen molar-refractivity contribution in [2.24, 2.45) is 5.92 Å². The molecule has 1 aromatic rings. The molecule has 0 heterocycles. The molecule has 0 fully saturated rings. The van der Waals surface area contributed by atoms with Crippen LogP contribution in [-0.4, -0.2) is 21.3 Å². The molecule has 0 saturated heterocycles. The fraction of sp³-hybridized carbons (Fsp3) is 0.667. The molecule has 0 aliphatic rings. The fourth-order valence-corrected chi connectivity index (χ4v) is 3.05. The van der Waals surface area contributed by atoms with Gasteiger partial charge in [-0.1, -0.05) is 33.1 Å². The zero-order valence-electron chi connectivity index (χ0n) is 14.5. The number of rotatable bonds is 9. The number of aryl methyl sites for hydroxylation is 1. The Labute approximate surface area is 130 Å². The van der Waals surface area contributed by atoms with Gasteiger partial charge in [0.15, 0.2) is 11.5 Å². The monoisotopic (exact) mass is 293 g/mol. The van der Waals surface area contributed by atoms with Gasteiger partial charge in [0.2, 0.25) is 0 Å². The van der Waals surface area contributed by atoms with Crippen molar-refractivity contribution in [2.45, 2.75) is 52.5 Å². The Bertz CT molecular complexity index is 431. The topological polar surface area (TPSA) is 30.5 Å². The molecule has 21 heavy (non-hydrogen) atoms. The Morgan fingerprint density at radius 1 is 1.10 bits per heavy atom. The highest BCUT2D eigenvalue weighted by molar-refractivity contribution is 5.48. The zero-order valence-corrected chi connectivity index (χ0v) is 14.5. The Kier molecular flexibility index (Phi) is 7.58. The van der Waals surface area contributed by atoms with E-state index in [1.54, 1.807) is 14.2 Å². The van der Waals surface area contributed by atoms with Gasteiger partial charge in [-0.15, -0.1) is 0 Å². The second-order valence-corrected chi connectivity index (χ2v) is 5.64. The number of hydrogen-bond donors (Lipinski definition) is 1. The highest BCUT2D eigenvalue weighted by Crippen LogP contribution is 2.37. The second kappa shape index (κ2) is 8.93. The van der Waals surface area contributed by atoms with Crippen LogP contribution in [0.25, 0.3) is 0 Å². The van der Waals surface area contributed by atoms with Crippen LogP contribution in [0.15, 0.2) is 12.1 Å². The molecular formula is C18H31NO2. The van der Waals surface area contributed by atoms with Gasteiger partial charge in [0.25, 0.3) is 0 Å². The number of nitrogens with one attached hydrogen (secondary N) is 1. The van der Waals surface area contributed by atoms with Crippen molar-refractivity contribution in [3.8, 4) is 11.5 Å². The molecule has 1 aromatic carbocycles. The molecule has 1 rings (SSSR count). The summed E-state index contributed by atoms with van der Waals surface area (Å²) in [7, 11) is 5.43. The first-order chi connectivity index (χ1) is 10.1. The van der Waals surface area contributed by atoms with E-state index in [4.69, 9.17) is 9.47 Å². The van der Waals surface area contributed by atoms with Crippen LogP contribution in [-0.2, 0) is 0 Å². The predicted octanol–water partition coefficient (Wildman–Crippen LogP) is 4.49. The quantitative estimate of drug-likeness (QED) is 0.727. The number of benzene rings is 1. The molecule has 1 N–H and O–H groups in total. The fourth-order valence-electron chi connectivity index (χ4n) is 3.05. The first kappa shape index (κ1) is 17.8. The molecule has 120 valence electrons. The lowest BCUT2D eigenvalue weighted by molar-refractivity contribution is 0.331. The van der Waals surface area contributed by atoms with E-state index < -0.39 is 0 Å². The van der Waals surface area contributed by atoms with Crippen molar-refractivity contribution in [2.75, 3.05) is 21.3 Å². The van der Waals surface area contributed by atoms with Crippen molar-refractivity contribution in [3.05, 3.63) is 23.3 Å². The summed E-state index contributed by atoms with van der Waals surface area (Å²) in [5, 5.41) is 3.51. The van der Waals surface area contributed by atoms with Gasteiger partial charge in [-0.3, -0.25) is 0 Å². The molecule has 3 nitrogen and oxygen atoms in total. The minimum absolute atomic E-state index is 0.362. The SMILES string of the molecule is CCCCC(CC)C(NC)c1cc(OC)c(OC)cc1C. The van der Waals surface area contributed by atoms with Crippen molar-refractivity contribution in [1.29, 1.82) is 0 Å². The number of unbranched alkanes of at least 4 members (excludes halogenated alkanes) is 1. The molecule has 3 heteroatoms. The third-order valence-corrected chi connectivity index (χ3v) is 4.34. The van der Waals surface area contributed by atoms with Crippen LogP contribution < -0.4 is 14.8 Å². The summed E-state index contributed by atoms with van der Waals surface area (Å²) in [5.41, 5.74) is 2.57. The third-order valence-electron chi connectivity index (χ3n) is 4.34. The summed E-state index contributed by atoms with van der Waals surface area (Å²) < 4.78 is 10.9. The van der Waals surface area contributed by atoms with Gasteiger partial charge in [0.1, 0.15) is 0 Å². The van der Waals surface area contributed by atoms with E-state index >= 15 is 0 Å². The normalized spacial score (nSPS) is 13.8. The molecule has 0 aromatic heterocycles. The molecular weight excluding hydrogens is 262 g/mol. The number of ether oxygens (including phenoxy) is 2. The van der Waals surface area contributed by atoms with Gasteiger partial charge in [-0.2, -0.15) is 0 Å². The van der Waals surface area contributed by atoms with E-state index in [2.05, 4.69) is 45.3 Å². The summed E-state index contributed by atoms with van der Waals surface area (Å²) in [6.45, 7) is 6.68. The van der Waals surface area contributed by atoms with Crippen LogP contribution in [0.1, 0.15) is 56.7 Å². The van der Waals surface area contributed by atoms with Crippen LogP contribution in [0, 0.1) is 12.8 Å². The second-order valence-electron chi connectivity index (χ2n) is 5.64. The molecule has 0 bridgehead atoms. The van der Waals surface area contributed by atoms with Crippen LogP contribution in [0.5, 0.6) is 11.5 Å². The average molecular weight is 293 g/mol. The van der Waals surface area contributed by atoms with Crippen LogP contribution in [0.3, 0.4) is 0 Å². The lowest BCUT2D eigenvalue weighted by Crippen LogP contribution is -2.26. The van der Waals surface area contributed by atoms with E-state index in [9.17, 15) is 0 Å². The highest BCUT2D eigenvalue weighted by atomic mass is 16.5. The van der Waals surface area contributed by atoms with Gasteiger partial charge in [-0.25, -0.2) is 0 Å². The van der Waals surface area contributed by atoms with Gasteiger partial charge in [-0.05, 0) is 49.6 Å². The third kappa shape index (κ3) is 4.37. The van der Waals surface area contributed by atoms with E-state index in [0.29, 0.717) is 12.0 Å². The van der Waals surface area contributed by atoms with E-state index in [1.165, 1.54) is 36.8 Å². The summed E-state index contributed by atoms with van der Waals surface area (Å²) >= 11 is 0. The van der Waals surface area contributed by atoms with Crippen LogP contribution in [0.2, 0.25) is 0 Å². The largest absolute Gasteiger partial charge is 0.493 e. The van der Waals surface area contributed by atoms with E-state index in [0.717, 1.165) is 11.5 Å². The van der Waals surface area contributed by atoms with Crippen molar-refractivity contribution < 1.29 is 9.47 Å². The molecule has 0 aliphatic carbocycles. The van der Waals surface area contributed by atoms with Gasteiger partial charge >= 0.3 is 0 Å². The number of methoxy groups -OCH3 is 2. The average Bonchev–Trinajstić information content (AvgIpc) is 2.51. The molecule has 0 saturated carbocycles. The minimum atomic E-state index is 0.362. The summed E-state index contributed by atoms with van der Waals surface area (Å²) in [5.74, 6) is 2.26. The molecule has 0 radical (unpaired) electrons. The summed E-state index contributed by atoms with van der Waals surface area (Å²) in [6.07, 6.45) is 4.96. The van der Waals surface area contributed by atoms with E-state index in [1.807, 2.05) is 0 Å². The summed E-state index contributed by atoms with van der Waals surface area (Å²) in [4.78, 5) is 0. The standard InChI is InChI=1S/C18H31NO2/c1-7-9-10-14(8-2)18(19-4)15-12-17(21-6)16(20-5)11-13(15)3/h11-12,14,18-19H,7-10H2,1-6H3. The minimum Gasteiger partial charge on any atom is -0.493 e. The Morgan fingerprint density at radius 2 is 1.71 bits per heavy atom. The number of hydrogen-bond acceptors (Lipinski definition) is 3. The Balaban J connectivity index is 3.14. The first-order valence-corrected chi connectivity index (χ1v) is 8.02. The highest BCUT2D eigenvalue weighted by Gasteiger charge is 2.23. The van der Waals surface area contributed by atoms with Gasteiger partial charge < -0.3 is 14.8 Å². The molecule has 2 unspecified atom stereocenters. The van der Waals surface area contributed by atoms with Crippen molar-refractivity contribution in [3.63, 3.8) is 0 Å². The molecule has 2 atom stereocenters. The predicted molar refractivity (Wildman–Crippen MR) is 89.4 cm³/mol. The first-order valence-electron chi connectivity index (χ1n) is 8.02. The van der Waals surface area contributed by atoms with Crippen molar-refractivity contribution in [1.82, 2.24) is 5.32 Å². The maximum Gasteiger partial charge on any atom is 0.161 e. The Hall–Kier alpha value is -1.22. The molecule has 0 aliphatic heterocycles. The Morgan fingerprint density at radius 3 is 2.19 bits per heavy atom. The van der Waals surface area contributed by atoms with Gasteiger partial charge in [0.05, 0.1) is 14.2 Å². The molecule has 0 amide bonds. The lowest BCUT2D eigenvalue weighted by Gasteiger charge is -2.28. The van der Waals surface area contributed by atoms with Crippen LogP contribution in [0.4, 0.5) is 0 Å². The maximum absolute atomic E-state index is 5.47. The van der Waals surface area contributed by atoms with Crippen molar-refractivity contribution >= 4 is 0 Å². The zero-order chi connectivity index (χ0) is 15.8. The van der Waals surface area contributed by atoms with Crippen LogP contribution >= 0.6 is 0 Å². The maximum atomic E-state index is 5.47. The lowest BCUT2D eigenvalue weighted by atomic mass is 9.85. The van der Waals surface area contributed by atoms with E-state index in [-0.39, 0.29) is 0 Å². The molecule has 0 spiro atoms.